The van der Waals surface area contributed by atoms with E-state index in [9.17, 15) is 13.0 Å². The van der Waals surface area contributed by atoms with Crippen LogP contribution < -0.4 is 4.80 Å². The fourth-order valence-electron chi connectivity index (χ4n) is 3.39. The van der Waals surface area contributed by atoms with Gasteiger partial charge >= 0.3 is 5.82 Å². The summed E-state index contributed by atoms with van der Waals surface area (Å²) in [4.78, 5) is 3.69. The molecule has 1 unspecified atom stereocenters. The number of hydrogen-bond donors (Lipinski definition) is 0. The monoisotopic (exact) mass is 458 g/mol. The summed E-state index contributed by atoms with van der Waals surface area (Å²) in [5.41, 5.74) is 1.93. The summed E-state index contributed by atoms with van der Waals surface area (Å²) >= 11 is 0. The van der Waals surface area contributed by atoms with Crippen molar-refractivity contribution in [3.8, 4) is 11.4 Å². The third kappa shape index (κ3) is 6.97. The van der Waals surface area contributed by atoms with E-state index >= 15 is 0 Å². The Morgan fingerprint density at radius 1 is 1.03 bits per heavy atom. The number of rotatable bonds is 6. The lowest BCUT2D eigenvalue weighted by Gasteiger charge is -2.26. The van der Waals surface area contributed by atoms with Crippen molar-refractivity contribution in [2.45, 2.75) is 58.4 Å². The summed E-state index contributed by atoms with van der Waals surface area (Å²) in [6, 6.07) is 15.9. The summed E-state index contributed by atoms with van der Waals surface area (Å²) in [6.07, 6.45) is 1.08. The van der Waals surface area contributed by atoms with Crippen molar-refractivity contribution in [3.05, 3.63) is 60.2 Å². The maximum atomic E-state index is 10.4. The quantitative estimate of drug-likeness (QED) is 0.410. The van der Waals surface area contributed by atoms with Crippen LogP contribution in [0, 0.1) is 18.8 Å². The zero-order chi connectivity index (χ0) is 24.1. The van der Waals surface area contributed by atoms with E-state index in [1.54, 1.807) is 12.1 Å². The zero-order valence-corrected chi connectivity index (χ0v) is 20.8. The van der Waals surface area contributed by atoms with E-state index in [2.05, 4.69) is 39.7 Å². The number of tetrazole rings is 1. The highest BCUT2D eigenvalue weighted by Crippen LogP contribution is 2.27. The Kier molecular flexibility index (Phi) is 8.31. The molecule has 0 saturated carbocycles. The lowest BCUT2D eigenvalue weighted by atomic mass is 9.85. The van der Waals surface area contributed by atoms with E-state index in [4.69, 9.17) is 5.10 Å². The molecule has 0 radical (unpaired) electrons. The van der Waals surface area contributed by atoms with Crippen LogP contribution in [0.15, 0.2) is 59.5 Å². The highest BCUT2D eigenvalue weighted by atomic mass is 32.2. The topological polar surface area (TPSA) is 91.8 Å². The molecule has 1 atom stereocenters. The van der Waals surface area contributed by atoms with Gasteiger partial charge in [-0.1, -0.05) is 61.5 Å². The number of nitrogens with zero attached hydrogens (tertiary/aromatic N) is 4. The average molecular weight is 459 g/mol. The van der Waals surface area contributed by atoms with Gasteiger partial charge in [0, 0.05) is 0 Å². The predicted octanol–water partition coefficient (Wildman–Crippen LogP) is 4.09. The van der Waals surface area contributed by atoms with Crippen molar-refractivity contribution in [2.24, 2.45) is 18.9 Å². The number of aromatic nitrogens is 4. The van der Waals surface area contributed by atoms with Crippen molar-refractivity contribution in [3.63, 3.8) is 0 Å². The molecular weight excluding hydrogens is 424 g/mol. The number of benzene rings is 2. The van der Waals surface area contributed by atoms with Crippen molar-refractivity contribution in [1.29, 1.82) is 0 Å². The van der Waals surface area contributed by atoms with Crippen LogP contribution in [0.2, 0.25) is 0 Å². The first-order chi connectivity index (χ1) is 14.8. The van der Waals surface area contributed by atoms with E-state index in [0.29, 0.717) is 11.8 Å². The van der Waals surface area contributed by atoms with Crippen LogP contribution in [0.25, 0.3) is 11.4 Å². The molecule has 7 nitrogen and oxygen atoms in total. The zero-order valence-electron chi connectivity index (χ0n) is 20.0. The van der Waals surface area contributed by atoms with E-state index in [-0.39, 0.29) is 10.4 Å². The van der Waals surface area contributed by atoms with Gasteiger partial charge in [-0.25, -0.2) is 8.42 Å². The molecule has 1 aromatic heterocycles. The molecule has 3 rings (SSSR count). The second-order valence-electron chi connectivity index (χ2n) is 9.17. The predicted molar refractivity (Wildman–Crippen MR) is 124 cm³/mol. The molecule has 0 aliphatic carbocycles. The van der Waals surface area contributed by atoms with Crippen molar-refractivity contribution in [1.82, 2.24) is 15.0 Å². The summed E-state index contributed by atoms with van der Waals surface area (Å²) < 4.78 is 31.2. The smallest absolute Gasteiger partial charge is 0.339 e. The van der Waals surface area contributed by atoms with E-state index < -0.39 is 10.1 Å². The van der Waals surface area contributed by atoms with Crippen molar-refractivity contribution in [2.75, 3.05) is 0 Å². The highest BCUT2D eigenvalue weighted by molar-refractivity contribution is 7.85. The lowest BCUT2D eigenvalue weighted by Crippen LogP contribution is -2.51. The van der Waals surface area contributed by atoms with Crippen LogP contribution >= 0.6 is 0 Å². The molecule has 0 aliphatic rings. The molecule has 0 amide bonds. The fraction of sp³-hybridized carbons (Fsp3) is 0.458. The second kappa shape index (κ2) is 10.4. The molecule has 0 fully saturated rings. The van der Waals surface area contributed by atoms with E-state index in [0.717, 1.165) is 23.4 Å². The minimum absolute atomic E-state index is 0.0571. The van der Waals surface area contributed by atoms with Gasteiger partial charge in [0.25, 0.3) is 0 Å². The first-order valence-corrected chi connectivity index (χ1v) is 12.1. The molecule has 0 saturated heterocycles. The second-order valence-corrected chi connectivity index (χ2v) is 10.6. The Labute approximate surface area is 191 Å². The number of aryl methyl sites for hydroxylation is 2. The van der Waals surface area contributed by atoms with Crippen molar-refractivity contribution < 1.29 is 17.8 Å². The molecule has 0 bridgehead atoms. The minimum Gasteiger partial charge on any atom is -0.744 e. The van der Waals surface area contributed by atoms with Gasteiger partial charge in [-0.15, -0.1) is 0 Å². The molecule has 0 N–H and O–H groups in total. The third-order valence-electron chi connectivity index (χ3n) is 5.55. The fourth-order valence-corrected chi connectivity index (χ4v) is 3.86. The Hall–Kier alpha value is -2.58. The molecule has 3 aromatic rings. The van der Waals surface area contributed by atoms with Gasteiger partial charge in [0.05, 0.1) is 15.6 Å². The van der Waals surface area contributed by atoms with Crippen LogP contribution in [0.1, 0.15) is 46.6 Å². The Balaban J connectivity index is 0.000000278. The Bertz CT molecular complexity index is 1110. The van der Waals surface area contributed by atoms with E-state index in [1.165, 1.54) is 12.1 Å². The van der Waals surface area contributed by atoms with Gasteiger partial charge in [0.1, 0.15) is 22.7 Å². The molecule has 1 heterocycles. The SMILES string of the molecule is CC(C)C(C)CC(C)(C)n1nc(-c2ccccc2)n[n+]1C.Cc1ccc(S(=O)(=O)[O-])cc1. The highest BCUT2D eigenvalue weighted by Gasteiger charge is 2.34. The van der Waals surface area contributed by atoms with Gasteiger partial charge in [0.2, 0.25) is 0 Å². The normalized spacial score (nSPS) is 12.9. The van der Waals surface area contributed by atoms with Gasteiger partial charge in [0.15, 0.2) is 0 Å². The van der Waals surface area contributed by atoms with Crippen LogP contribution in [-0.2, 0) is 22.7 Å². The van der Waals surface area contributed by atoms with Crippen molar-refractivity contribution >= 4 is 10.1 Å². The molecule has 8 heteroatoms. The van der Waals surface area contributed by atoms with Gasteiger partial charge in [-0.05, 0) is 73.2 Å². The van der Waals surface area contributed by atoms with Crippen LogP contribution in [0.3, 0.4) is 0 Å². The Morgan fingerprint density at radius 3 is 2.09 bits per heavy atom. The molecule has 2 aromatic carbocycles. The maximum absolute atomic E-state index is 10.4. The molecule has 174 valence electrons. The molecular formula is C24H34N4O3S. The minimum atomic E-state index is -4.27. The summed E-state index contributed by atoms with van der Waals surface area (Å²) in [5, 5.41) is 9.30. The summed E-state index contributed by atoms with van der Waals surface area (Å²) in [6.45, 7) is 13.1. The first kappa shape index (κ1) is 25.7. The first-order valence-electron chi connectivity index (χ1n) is 10.7. The Morgan fingerprint density at radius 2 is 1.59 bits per heavy atom. The maximum Gasteiger partial charge on any atom is 0.339 e. The van der Waals surface area contributed by atoms with Crippen LogP contribution in [0.5, 0.6) is 0 Å². The van der Waals surface area contributed by atoms with Gasteiger partial charge in [-0.2, -0.15) is 0 Å². The largest absolute Gasteiger partial charge is 0.744 e. The third-order valence-corrected chi connectivity index (χ3v) is 6.40. The van der Waals surface area contributed by atoms with Crippen LogP contribution in [-0.4, -0.2) is 28.0 Å². The molecule has 32 heavy (non-hydrogen) atoms. The van der Waals surface area contributed by atoms with Crippen LogP contribution in [0.4, 0.5) is 0 Å². The average Bonchev–Trinajstić information content (AvgIpc) is 3.11. The summed E-state index contributed by atoms with van der Waals surface area (Å²) in [7, 11) is -2.31. The van der Waals surface area contributed by atoms with Gasteiger partial charge in [-0.3, -0.25) is 0 Å². The molecule has 0 aliphatic heterocycles. The molecule has 0 spiro atoms. The van der Waals surface area contributed by atoms with Gasteiger partial charge < -0.3 is 4.55 Å². The number of hydrogen-bond acceptors (Lipinski definition) is 5. The summed E-state index contributed by atoms with van der Waals surface area (Å²) in [5.74, 6) is 2.10. The lowest BCUT2D eigenvalue weighted by molar-refractivity contribution is -0.815. The standard InChI is InChI=1S/C17H27N4.C7H8O3S/c1-13(2)14(3)12-17(4,5)21-19-16(18-20(21)6)15-10-8-7-9-11-15;1-6-2-4-7(5-3-6)11(8,9)10/h7-11,13-14H,12H2,1-6H3;2-5H,1H3,(H,8,9,10)/q+1;/p-1. The van der Waals surface area contributed by atoms with E-state index in [1.807, 2.05) is 53.9 Å².